The van der Waals surface area contributed by atoms with E-state index in [-0.39, 0.29) is 5.69 Å². The third-order valence-corrected chi connectivity index (χ3v) is 4.43. The van der Waals surface area contributed by atoms with Crippen molar-refractivity contribution < 1.29 is 4.39 Å². The number of hydrogen-bond donors (Lipinski definition) is 1. The molecule has 0 spiro atoms. The summed E-state index contributed by atoms with van der Waals surface area (Å²) in [5.41, 5.74) is 2.64. The van der Waals surface area contributed by atoms with Crippen molar-refractivity contribution in [3.8, 4) is 23.4 Å². The Morgan fingerprint density at radius 2 is 2.03 bits per heavy atom. The molecule has 0 aliphatic carbocycles. The molecule has 30 heavy (non-hydrogen) atoms. The molecule has 0 aliphatic rings. The summed E-state index contributed by atoms with van der Waals surface area (Å²) in [6.07, 6.45) is 7.64. The summed E-state index contributed by atoms with van der Waals surface area (Å²) >= 11 is 0. The molecule has 4 heterocycles. The Morgan fingerprint density at radius 1 is 1.13 bits per heavy atom. The number of hydrogen-bond acceptors (Lipinski definition) is 5. The first-order valence-corrected chi connectivity index (χ1v) is 9.73. The number of fused-ring (bicyclic) bond motifs is 1. The van der Waals surface area contributed by atoms with Gasteiger partial charge >= 0.3 is 0 Å². The van der Waals surface area contributed by atoms with Crippen LogP contribution in [0, 0.1) is 23.6 Å². The highest BCUT2D eigenvalue weighted by atomic mass is 19.1. The van der Waals surface area contributed by atoms with Gasteiger partial charge in [0.05, 0.1) is 11.9 Å². The molecule has 0 fully saturated rings. The minimum atomic E-state index is -0.460. The van der Waals surface area contributed by atoms with Crippen molar-refractivity contribution in [2.75, 3.05) is 5.32 Å². The van der Waals surface area contributed by atoms with Crippen molar-refractivity contribution in [2.45, 2.75) is 26.7 Å². The van der Waals surface area contributed by atoms with Gasteiger partial charge in [0.15, 0.2) is 11.6 Å². The molecule has 4 aromatic rings. The summed E-state index contributed by atoms with van der Waals surface area (Å²) in [5.74, 6) is 7.41. The van der Waals surface area contributed by atoms with Crippen molar-refractivity contribution in [3.05, 3.63) is 66.5 Å². The maximum Gasteiger partial charge on any atom is 0.200 e. The standard InChI is InChI=1S/C23H21FN6/c1-16(2)7-3-4-8-17-11-14-30-21(17)23(27-19-10-13-25-15-18(19)24)28-22(29-30)20-9-5-6-12-26-20/h5-6,9-16H,7-8H2,1-2H3,(H,25,27,28,29). The number of nitrogens with zero attached hydrogens (tertiary/aromatic N) is 5. The van der Waals surface area contributed by atoms with E-state index in [0.29, 0.717) is 29.7 Å². The molecule has 150 valence electrons. The monoisotopic (exact) mass is 400 g/mol. The number of aromatic nitrogens is 5. The van der Waals surface area contributed by atoms with E-state index in [1.807, 2.05) is 30.5 Å². The fourth-order valence-electron chi connectivity index (χ4n) is 2.96. The van der Waals surface area contributed by atoms with Crippen LogP contribution in [0.3, 0.4) is 0 Å². The zero-order chi connectivity index (χ0) is 20.9. The van der Waals surface area contributed by atoms with E-state index >= 15 is 0 Å². The SMILES string of the molecule is CC(C)CC#CCc1ccn2nc(-c3ccccn3)nc(Nc3ccncc3F)c12. The van der Waals surface area contributed by atoms with Crippen LogP contribution in [0.2, 0.25) is 0 Å². The lowest BCUT2D eigenvalue weighted by atomic mass is 10.1. The van der Waals surface area contributed by atoms with Gasteiger partial charge in [0, 0.05) is 31.4 Å². The average Bonchev–Trinajstić information content (AvgIpc) is 3.16. The molecule has 7 heteroatoms. The van der Waals surface area contributed by atoms with Gasteiger partial charge in [-0.1, -0.05) is 25.8 Å². The predicted octanol–water partition coefficient (Wildman–Crippen LogP) is 4.66. The number of halogens is 1. The predicted molar refractivity (Wildman–Crippen MR) is 115 cm³/mol. The molecule has 4 aromatic heterocycles. The Hall–Kier alpha value is -3.79. The Labute approximate surface area is 174 Å². The molecule has 0 bridgehead atoms. The number of anilines is 2. The number of pyridine rings is 2. The minimum absolute atomic E-state index is 0.288. The lowest BCUT2D eigenvalue weighted by Crippen LogP contribution is -2.06. The second kappa shape index (κ2) is 8.70. The summed E-state index contributed by atoms with van der Waals surface area (Å²) in [7, 11) is 0. The lowest BCUT2D eigenvalue weighted by molar-refractivity contribution is 0.625. The van der Waals surface area contributed by atoms with Gasteiger partial charge in [-0.15, -0.1) is 11.0 Å². The molecule has 0 saturated carbocycles. The highest BCUT2D eigenvalue weighted by Gasteiger charge is 2.15. The van der Waals surface area contributed by atoms with Gasteiger partial charge in [0.25, 0.3) is 0 Å². The zero-order valence-electron chi connectivity index (χ0n) is 16.8. The smallest absolute Gasteiger partial charge is 0.200 e. The van der Waals surface area contributed by atoms with Crippen molar-refractivity contribution in [1.29, 1.82) is 0 Å². The van der Waals surface area contributed by atoms with Crippen LogP contribution in [0.1, 0.15) is 25.8 Å². The Bertz CT molecular complexity index is 1220. The third kappa shape index (κ3) is 4.28. The summed E-state index contributed by atoms with van der Waals surface area (Å²) in [4.78, 5) is 12.8. The lowest BCUT2D eigenvalue weighted by Gasteiger charge is -2.11. The van der Waals surface area contributed by atoms with Crippen LogP contribution in [-0.2, 0) is 6.42 Å². The van der Waals surface area contributed by atoms with Gasteiger partial charge in [-0.3, -0.25) is 9.97 Å². The first kappa shape index (κ1) is 19.5. The largest absolute Gasteiger partial charge is 0.336 e. The first-order valence-electron chi connectivity index (χ1n) is 9.73. The van der Waals surface area contributed by atoms with E-state index in [1.165, 1.54) is 6.20 Å². The van der Waals surface area contributed by atoms with Crippen LogP contribution < -0.4 is 5.32 Å². The van der Waals surface area contributed by atoms with Gasteiger partial charge in [0.2, 0.25) is 5.82 Å². The van der Waals surface area contributed by atoms with Gasteiger partial charge in [0.1, 0.15) is 11.2 Å². The van der Waals surface area contributed by atoms with Crippen LogP contribution in [0.5, 0.6) is 0 Å². The highest BCUT2D eigenvalue weighted by molar-refractivity contribution is 5.78. The van der Waals surface area contributed by atoms with Gasteiger partial charge in [-0.2, -0.15) is 0 Å². The molecule has 6 nitrogen and oxygen atoms in total. The molecule has 0 amide bonds. The van der Waals surface area contributed by atoms with Crippen molar-refractivity contribution in [3.63, 3.8) is 0 Å². The number of rotatable bonds is 5. The quantitative estimate of drug-likeness (QED) is 0.494. The Kier molecular flexibility index (Phi) is 5.66. The summed E-state index contributed by atoms with van der Waals surface area (Å²) in [6, 6.07) is 9.07. The van der Waals surface area contributed by atoms with Crippen LogP contribution in [0.25, 0.3) is 17.0 Å². The molecule has 0 aromatic carbocycles. The third-order valence-electron chi connectivity index (χ3n) is 4.43. The van der Waals surface area contributed by atoms with Crippen LogP contribution in [-0.4, -0.2) is 24.6 Å². The summed E-state index contributed by atoms with van der Waals surface area (Å²) in [6.45, 7) is 4.28. The van der Waals surface area contributed by atoms with E-state index in [2.05, 4.69) is 51.1 Å². The Balaban J connectivity index is 1.80. The topological polar surface area (TPSA) is 68.0 Å². The van der Waals surface area contributed by atoms with Crippen LogP contribution in [0.4, 0.5) is 15.9 Å². The van der Waals surface area contributed by atoms with Crippen molar-refractivity contribution >= 4 is 17.0 Å². The zero-order valence-corrected chi connectivity index (χ0v) is 16.8. The van der Waals surface area contributed by atoms with Crippen molar-refractivity contribution in [2.24, 2.45) is 5.92 Å². The second-order valence-corrected chi connectivity index (χ2v) is 7.24. The highest BCUT2D eigenvalue weighted by Crippen LogP contribution is 2.27. The van der Waals surface area contributed by atoms with Gasteiger partial charge in [-0.25, -0.2) is 13.9 Å². The van der Waals surface area contributed by atoms with Crippen molar-refractivity contribution in [1.82, 2.24) is 24.6 Å². The first-order chi connectivity index (χ1) is 14.6. The second-order valence-electron chi connectivity index (χ2n) is 7.24. The fraction of sp³-hybridized carbons (Fsp3) is 0.217. The fourth-order valence-corrected chi connectivity index (χ4v) is 2.96. The molecule has 0 radical (unpaired) electrons. The molecule has 0 unspecified atom stereocenters. The van der Waals surface area contributed by atoms with E-state index in [9.17, 15) is 4.39 Å². The van der Waals surface area contributed by atoms with E-state index in [1.54, 1.807) is 16.8 Å². The Morgan fingerprint density at radius 3 is 2.80 bits per heavy atom. The normalized spacial score (nSPS) is 10.8. The van der Waals surface area contributed by atoms with Crippen LogP contribution >= 0.6 is 0 Å². The molecule has 0 saturated heterocycles. The summed E-state index contributed by atoms with van der Waals surface area (Å²) in [5, 5.41) is 7.69. The maximum absolute atomic E-state index is 14.2. The minimum Gasteiger partial charge on any atom is -0.336 e. The van der Waals surface area contributed by atoms with Gasteiger partial charge in [-0.05, 0) is 35.7 Å². The molecular formula is C23H21FN6. The average molecular weight is 400 g/mol. The van der Waals surface area contributed by atoms with E-state index < -0.39 is 5.82 Å². The molecule has 1 N–H and O–H groups in total. The van der Waals surface area contributed by atoms with Gasteiger partial charge < -0.3 is 5.32 Å². The maximum atomic E-state index is 14.2. The van der Waals surface area contributed by atoms with E-state index in [4.69, 9.17) is 0 Å². The molecule has 0 aliphatic heterocycles. The summed E-state index contributed by atoms with van der Waals surface area (Å²) < 4.78 is 16.0. The number of nitrogens with one attached hydrogen (secondary N) is 1. The molecular weight excluding hydrogens is 379 g/mol. The molecule has 0 atom stereocenters. The van der Waals surface area contributed by atoms with Crippen LogP contribution in [0.15, 0.2) is 55.1 Å². The molecule has 4 rings (SSSR count). The van der Waals surface area contributed by atoms with E-state index in [0.717, 1.165) is 23.7 Å².